The molecule has 6 nitrogen and oxygen atoms in total. The van der Waals surface area contributed by atoms with E-state index in [1.54, 1.807) is 12.1 Å². The Kier molecular flexibility index (Phi) is 6.45. The third-order valence-corrected chi connectivity index (χ3v) is 4.08. The number of hydrogen-bond acceptors (Lipinski definition) is 5. The summed E-state index contributed by atoms with van der Waals surface area (Å²) < 4.78 is 1.56. The zero-order valence-corrected chi connectivity index (χ0v) is 14.7. The highest BCUT2D eigenvalue weighted by Crippen LogP contribution is 2.18. The van der Waals surface area contributed by atoms with Gasteiger partial charge in [-0.15, -0.1) is 0 Å². The average molecular weight is 346 g/mol. The molecule has 1 heterocycles. The van der Waals surface area contributed by atoms with Crippen LogP contribution in [-0.2, 0) is 0 Å². The highest BCUT2D eigenvalue weighted by molar-refractivity contribution is 7.71. The molecule has 2 aromatic rings. The summed E-state index contributed by atoms with van der Waals surface area (Å²) in [6.07, 6.45) is 1.41. The van der Waals surface area contributed by atoms with Crippen LogP contribution in [0.1, 0.15) is 19.4 Å². The highest BCUT2D eigenvalue weighted by atomic mass is 32.1. The number of aromatic nitrogens is 2. The summed E-state index contributed by atoms with van der Waals surface area (Å²) in [4.78, 5) is 21.2. The van der Waals surface area contributed by atoms with E-state index in [0.717, 1.165) is 19.6 Å². The second-order valence-electron chi connectivity index (χ2n) is 5.23. The first kappa shape index (κ1) is 18.1. The highest BCUT2D eigenvalue weighted by Gasteiger charge is 2.12. The zero-order valence-electron chi connectivity index (χ0n) is 13.9. The van der Waals surface area contributed by atoms with E-state index in [2.05, 4.69) is 28.7 Å². The monoisotopic (exact) mass is 346 g/mol. The summed E-state index contributed by atoms with van der Waals surface area (Å²) >= 11 is 5.17. The largest absolute Gasteiger partial charge is 0.494 e. The zero-order chi connectivity index (χ0) is 17.5. The van der Waals surface area contributed by atoms with Crippen molar-refractivity contribution in [1.29, 1.82) is 0 Å². The second-order valence-corrected chi connectivity index (χ2v) is 5.62. The number of nitrogens with one attached hydrogen (secondary N) is 1. The van der Waals surface area contributed by atoms with Crippen LogP contribution >= 0.6 is 12.2 Å². The van der Waals surface area contributed by atoms with E-state index in [1.807, 2.05) is 18.2 Å². The van der Waals surface area contributed by atoms with Crippen LogP contribution in [0, 0.1) is 4.77 Å². The molecule has 1 aromatic heterocycles. The van der Waals surface area contributed by atoms with Crippen LogP contribution < -0.4 is 5.56 Å². The molecule has 0 saturated carbocycles. The normalized spacial score (nSPS) is 11.5. The number of likely N-dealkylation sites (N-methyl/N-ethyl adjacent to an activating group) is 1. The molecule has 2 N–H and O–H groups in total. The first-order valence-corrected chi connectivity index (χ1v) is 8.35. The van der Waals surface area contributed by atoms with Crippen LogP contribution in [0.2, 0.25) is 0 Å². The Balaban J connectivity index is 2.31. The molecule has 0 aliphatic carbocycles. The summed E-state index contributed by atoms with van der Waals surface area (Å²) in [5.74, 6) is -0.207. The quantitative estimate of drug-likeness (QED) is 0.596. The summed E-state index contributed by atoms with van der Waals surface area (Å²) in [6.45, 7) is 7.46. The molecule has 0 unspecified atom stereocenters. The predicted molar refractivity (Wildman–Crippen MR) is 99.1 cm³/mol. The number of aliphatic imine (C=N–C) groups is 1. The van der Waals surface area contributed by atoms with Gasteiger partial charge in [-0.2, -0.15) is 0 Å². The van der Waals surface area contributed by atoms with Crippen molar-refractivity contribution in [3.05, 3.63) is 51.0 Å². The van der Waals surface area contributed by atoms with E-state index in [0.29, 0.717) is 12.2 Å². The number of aromatic hydroxyl groups is 1. The Morgan fingerprint density at radius 3 is 2.58 bits per heavy atom. The standard InChI is InChI=1S/C17H22N4O2S/c1-3-20(4-2)11-10-18-12-14-15(22)19-17(24)21(16(14)23)13-8-6-5-7-9-13/h5-9,12,23H,3-4,10-11H2,1-2H3,(H,19,22,24). The van der Waals surface area contributed by atoms with E-state index in [9.17, 15) is 9.90 Å². The number of aromatic amines is 1. The SMILES string of the molecule is CCN(CC)CCN=Cc1c(O)n(-c2ccccc2)c(=S)[nH]c1=O. The lowest BCUT2D eigenvalue weighted by Crippen LogP contribution is -2.25. The molecule has 0 fully saturated rings. The maximum Gasteiger partial charge on any atom is 0.264 e. The number of benzene rings is 1. The first-order valence-electron chi connectivity index (χ1n) is 7.94. The minimum absolute atomic E-state index is 0.104. The van der Waals surface area contributed by atoms with E-state index in [-0.39, 0.29) is 16.2 Å². The van der Waals surface area contributed by atoms with Gasteiger partial charge in [0.15, 0.2) is 4.77 Å². The van der Waals surface area contributed by atoms with Gasteiger partial charge in [-0.1, -0.05) is 32.0 Å². The third kappa shape index (κ3) is 4.18. The minimum atomic E-state index is -0.448. The molecule has 0 bridgehead atoms. The lowest BCUT2D eigenvalue weighted by Gasteiger charge is -2.15. The van der Waals surface area contributed by atoms with Gasteiger partial charge in [0.25, 0.3) is 5.56 Å². The Morgan fingerprint density at radius 1 is 1.29 bits per heavy atom. The van der Waals surface area contributed by atoms with Crippen LogP contribution in [0.15, 0.2) is 40.1 Å². The summed E-state index contributed by atoms with van der Waals surface area (Å²) in [5.41, 5.74) is 0.331. The maximum absolute atomic E-state index is 12.1. The fourth-order valence-electron chi connectivity index (χ4n) is 2.37. The van der Waals surface area contributed by atoms with Crippen molar-refractivity contribution >= 4 is 18.4 Å². The fourth-order valence-corrected chi connectivity index (χ4v) is 2.65. The van der Waals surface area contributed by atoms with Gasteiger partial charge >= 0.3 is 0 Å². The van der Waals surface area contributed by atoms with Gasteiger partial charge in [-0.3, -0.25) is 19.3 Å². The van der Waals surface area contributed by atoms with Gasteiger partial charge in [-0.05, 0) is 37.4 Å². The topological polar surface area (TPSA) is 73.6 Å². The Hall–Kier alpha value is -2.25. The Morgan fingerprint density at radius 2 is 1.96 bits per heavy atom. The molecule has 0 aliphatic heterocycles. The van der Waals surface area contributed by atoms with E-state index >= 15 is 0 Å². The third-order valence-electron chi connectivity index (χ3n) is 3.80. The molecular weight excluding hydrogens is 324 g/mol. The number of hydrogen-bond donors (Lipinski definition) is 2. The van der Waals surface area contributed by atoms with Gasteiger partial charge in [0, 0.05) is 12.8 Å². The Bertz CT molecular complexity index is 808. The number of rotatable bonds is 7. The Labute approximate surface area is 146 Å². The number of para-hydroxylation sites is 1. The van der Waals surface area contributed by atoms with Crippen molar-refractivity contribution in [2.45, 2.75) is 13.8 Å². The van der Waals surface area contributed by atoms with Crippen molar-refractivity contribution in [3.8, 4) is 11.6 Å². The predicted octanol–water partition coefficient (Wildman–Crippen LogP) is 2.36. The fraction of sp³-hybridized carbons (Fsp3) is 0.353. The first-order chi connectivity index (χ1) is 11.6. The smallest absolute Gasteiger partial charge is 0.264 e. The lowest BCUT2D eigenvalue weighted by molar-refractivity contribution is 0.313. The molecule has 2 rings (SSSR count). The molecule has 24 heavy (non-hydrogen) atoms. The second kappa shape index (κ2) is 8.56. The van der Waals surface area contributed by atoms with E-state index in [4.69, 9.17) is 12.2 Å². The molecule has 128 valence electrons. The molecule has 0 amide bonds. The molecular formula is C17H22N4O2S. The van der Waals surface area contributed by atoms with E-state index < -0.39 is 5.56 Å². The van der Waals surface area contributed by atoms with Crippen molar-refractivity contribution < 1.29 is 5.11 Å². The summed E-state index contributed by atoms with van der Waals surface area (Å²) in [7, 11) is 0. The van der Waals surface area contributed by atoms with Crippen LogP contribution in [-0.4, -0.2) is 52.0 Å². The van der Waals surface area contributed by atoms with Gasteiger partial charge in [0.1, 0.15) is 5.56 Å². The molecule has 1 aromatic carbocycles. The number of nitrogens with zero attached hydrogens (tertiary/aromatic N) is 3. The average Bonchev–Trinajstić information content (AvgIpc) is 2.58. The molecule has 0 saturated heterocycles. The summed E-state index contributed by atoms with van der Waals surface area (Å²) in [5, 5.41) is 10.5. The van der Waals surface area contributed by atoms with Crippen LogP contribution in [0.25, 0.3) is 5.69 Å². The van der Waals surface area contributed by atoms with Gasteiger partial charge in [-0.25, -0.2) is 0 Å². The van der Waals surface area contributed by atoms with Gasteiger partial charge in [0.2, 0.25) is 5.88 Å². The number of H-pyrrole nitrogens is 1. The van der Waals surface area contributed by atoms with Crippen molar-refractivity contribution in [2.75, 3.05) is 26.2 Å². The van der Waals surface area contributed by atoms with Gasteiger partial charge < -0.3 is 10.0 Å². The van der Waals surface area contributed by atoms with Crippen molar-refractivity contribution in [3.63, 3.8) is 0 Å². The van der Waals surface area contributed by atoms with Crippen LogP contribution in [0.4, 0.5) is 0 Å². The minimum Gasteiger partial charge on any atom is -0.494 e. The summed E-state index contributed by atoms with van der Waals surface area (Å²) in [6, 6.07) is 9.13. The molecule has 0 aliphatic rings. The molecule has 0 atom stereocenters. The van der Waals surface area contributed by atoms with Crippen molar-refractivity contribution in [1.82, 2.24) is 14.5 Å². The lowest BCUT2D eigenvalue weighted by atomic mass is 10.3. The molecule has 0 radical (unpaired) electrons. The van der Waals surface area contributed by atoms with Crippen molar-refractivity contribution in [2.24, 2.45) is 4.99 Å². The van der Waals surface area contributed by atoms with Crippen LogP contribution in [0.3, 0.4) is 0 Å². The van der Waals surface area contributed by atoms with Gasteiger partial charge in [0.05, 0.1) is 12.2 Å². The van der Waals surface area contributed by atoms with E-state index in [1.165, 1.54) is 10.8 Å². The molecule has 7 heteroatoms. The van der Waals surface area contributed by atoms with Crippen LogP contribution in [0.5, 0.6) is 5.88 Å². The maximum atomic E-state index is 12.1. The molecule has 0 spiro atoms.